The van der Waals surface area contributed by atoms with Crippen molar-refractivity contribution in [1.82, 2.24) is 0 Å². The first kappa shape index (κ1) is 23.3. The third-order valence-corrected chi connectivity index (χ3v) is 5.99. The number of anilines is 2. The number of nitrogens with one attached hydrogen (secondary N) is 2. The van der Waals surface area contributed by atoms with Gasteiger partial charge in [-0.05, 0) is 43.7 Å². The fourth-order valence-electron chi connectivity index (χ4n) is 2.99. The van der Waals surface area contributed by atoms with Crippen LogP contribution in [0.25, 0.3) is 0 Å². The Balaban J connectivity index is 1.88. The SMILES string of the molecule is Cc1ccc(NS(=O)(=O)c2ccc(N/N=C\c3ccccc3[N+](=O)[O-])c([N+](=O)[O-])c2)c(C)c1. The Morgan fingerprint density at radius 3 is 2.21 bits per heavy atom. The molecule has 3 rings (SSSR count). The number of nitrogens with zero attached hydrogens (tertiary/aromatic N) is 3. The van der Waals surface area contributed by atoms with Crippen molar-refractivity contribution in [2.24, 2.45) is 5.10 Å². The fourth-order valence-corrected chi connectivity index (χ4v) is 4.14. The minimum absolute atomic E-state index is 0.0831. The lowest BCUT2D eigenvalue weighted by atomic mass is 10.1. The van der Waals surface area contributed by atoms with Crippen LogP contribution >= 0.6 is 0 Å². The molecule has 3 aromatic rings. The molecule has 0 saturated heterocycles. The van der Waals surface area contributed by atoms with Crippen molar-refractivity contribution in [3.8, 4) is 0 Å². The summed E-state index contributed by atoms with van der Waals surface area (Å²) < 4.78 is 28.0. The van der Waals surface area contributed by atoms with Gasteiger partial charge in [0.05, 0.1) is 32.2 Å². The van der Waals surface area contributed by atoms with Crippen LogP contribution in [0.3, 0.4) is 0 Å². The fraction of sp³-hybridized carbons (Fsp3) is 0.0952. The number of rotatable bonds is 8. The number of aryl methyl sites for hydroxylation is 2. The molecule has 0 aromatic heterocycles. The third-order valence-electron chi connectivity index (χ3n) is 4.62. The second-order valence-electron chi connectivity index (χ2n) is 7.05. The Hall–Kier alpha value is -4.32. The minimum atomic E-state index is -4.10. The number of sulfonamides is 1. The molecular formula is C21H19N5O6S. The van der Waals surface area contributed by atoms with Gasteiger partial charge in [0.25, 0.3) is 21.4 Å². The quantitative estimate of drug-likeness (QED) is 0.282. The van der Waals surface area contributed by atoms with Gasteiger partial charge in [0.15, 0.2) is 0 Å². The number of nitro groups is 2. The van der Waals surface area contributed by atoms with E-state index in [9.17, 15) is 28.6 Å². The summed E-state index contributed by atoms with van der Waals surface area (Å²) in [5, 5.41) is 26.4. The first-order valence-electron chi connectivity index (χ1n) is 9.49. The van der Waals surface area contributed by atoms with Crippen molar-refractivity contribution in [2.75, 3.05) is 10.1 Å². The molecule has 0 amide bonds. The van der Waals surface area contributed by atoms with E-state index in [2.05, 4.69) is 15.2 Å². The topological polar surface area (TPSA) is 157 Å². The highest BCUT2D eigenvalue weighted by Gasteiger charge is 2.22. The van der Waals surface area contributed by atoms with Gasteiger partial charge in [-0.25, -0.2) is 8.42 Å². The highest BCUT2D eigenvalue weighted by atomic mass is 32.2. The molecule has 0 aliphatic rings. The van der Waals surface area contributed by atoms with Gasteiger partial charge < -0.3 is 0 Å². The maximum absolute atomic E-state index is 12.8. The van der Waals surface area contributed by atoms with Gasteiger partial charge in [-0.2, -0.15) is 5.10 Å². The number of hydrogen-bond acceptors (Lipinski definition) is 8. The molecule has 0 heterocycles. The number of benzene rings is 3. The van der Waals surface area contributed by atoms with Crippen LogP contribution in [-0.2, 0) is 10.0 Å². The monoisotopic (exact) mass is 469 g/mol. The number of hydrogen-bond donors (Lipinski definition) is 2. The van der Waals surface area contributed by atoms with E-state index >= 15 is 0 Å². The van der Waals surface area contributed by atoms with Gasteiger partial charge in [0.1, 0.15) is 5.69 Å². The lowest BCUT2D eigenvalue weighted by Crippen LogP contribution is -2.14. The molecule has 33 heavy (non-hydrogen) atoms. The van der Waals surface area contributed by atoms with E-state index in [0.717, 1.165) is 17.8 Å². The van der Waals surface area contributed by atoms with Crippen molar-refractivity contribution in [2.45, 2.75) is 18.7 Å². The third kappa shape index (κ3) is 5.49. The first-order chi connectivity index (χ1) is 15.6. The van der Waals surface area contributed by atoms with Gasteiger partial charge in [-0.1, -0.05) is 29.8 Å². The van der Waals surface area contributed by atoms with Crippen LogP contribution in [0.15, 0.2) is 70.7 Å². The lowest BCUT2D eigenvalue weighted by Gasteiger charge is -2.12. The number of para-hydroxylation sites is 1. The molecular weight excluding hydrogens is 450 g/mol. The van der Waals surface area contributed by atoms with Crippen LogP contribution in [0.1, 0.15) is 16.7 Å². The Morgan fingerprint density at radius 1 is 0.879 bits per heavy atom. The van der Waals surface area contributed by atoms with Crippen molar-refractivity contribution in [3.63, 3.8) is 0 Å². The molecule has 3 aromatic carbocycles. The average molecular weight is 469 g/mol. The molecule has 0 aliphatic carbocycles. The predicted molar refractivity (Wildman–Crippen MR) is 124 cm³/mol. The van der Waals surface area contributed by atoms with Gasteiger partial charge in [-0.15, -0.1) is 0 Å². The Morgan fingerprint density at radius 2 is 1.55 bits per heavy atom. The highest BCUT2D eigenvalue weighted by molar-refractivity contribution is 7.92. The Bertz CT molecular complexity index is 1370. The summed E-state index contributed by atoms with van der Waals surface area (Å²) in [5.41, 5.74) is 3.86. The van der Waals surface area contributed by atoms with Crippen LogP contribution in [-0.4, -0.2) is 24.5 Å². The van der Waals surface area contributed by atoms with Crippen LogP contribution in [0.5, 0.6) is 0 Å². The summed E-state index contributed by atoms with van der Waals surface area (Å²) in [7, 11) is -4.10. The van der Waals surface area contributed by atoms with E-state index < -0.39 is 25.6 Å². The minimum Gasteiger partial charge on any atom is -0.279 e. The van der Waals surface area contributed by atoms with Crippen LogP contribution in [0.4, 0.5) is 22.7 Å². The Kier molecular flexibility index (Phi) is 6.68. The maximum Gasteiger partial charge on any atom is 0.295 e. The van der Waals surface area contributed by atoms with Crippen LogP contribution < -0.4 is 10.1 Å². The zero-order chi connectivity index (χ0) is 24.2. The summed E-state index contributed by atoms with van der Waals surface area (Å²) in [4.78, 5) is 21.0. The molecule has 0 spiro atoms. The molecule has 0 radical (unpaired) electrons. The zero-order valence-electron chi connectivity index (χ0n) is 17.6. The van der Waals surface area contributed by atoms with E-state index in [-0.39, 0.29) is 21.8 Å². The van der Waals surface area contributed by atoms with E-state index in [0.29, 0.717) is 11.3 Å². The van der Waals surface area contributed by atoms with Crippen molar-refractivity contribution in [3.05, 3.63) is 97.6 Å². The van der Waals surface area contributed by atoms with E-state index in [1.54, 1.807) is 25.1 Å². The molecule has 0 saturated carbocycles. The summed E-state index contributed by atoms with van der Waals surface area (Å²) in [6.45, 7) is 3.62. The molecule has 11 nitrogen and oxygen atoms in total. The average Bonchev–Trinajstić information content (AvgIpc) is 2.76. The molecule has 0 fully saturated rings. The smallest absolute Gasteiger partial charge is 0.279 e. The van der Waals surface area contributed by atoms with E-state index in [1.807, 2.05) is 13.0 Å². The van der Waals surface area contributed by atoms with E-state index in [4.69, 9.17) is 0 Å². The second kappa shape index (κ2) is 9.44. The summed E-state index contributed by atoms with van der Waals surface area (Å²) in [6.07, 6.45) is 1.15. The van der Waals surface area contributed by atoms with Gasteiger partial charge >= 0.3 is 0 Å². The van der Waals surface area contributed by atoms with Gasteiger partial charge in [0, 0.05) is 12.1 Å². The lowest BCUT2D eigenvalue weighted by molar-refractivity contribution is -0.385. The standard InChI is InChI=1S/C21H19N5O6S/c1-14-7-9-18(15(2)11-14)24-33(31,32)17-8-10-19(21(12-17)26(29)30)23-22-13-16-5-3-4-6-20(16)25(27)28/h3-13,23-24H,1-2H3/b22-13-. The van der Waals surface area contributed by atoms with Crippen molar-refractivity contribution < 1.29 is 18.3 Å². The van der Waals surface area contributed by atoms with Gasteiger partial charge in [-0.3, -0.25) is 30.4 Å². The zero-order valence-corrected chi connectivity index (χ0v) is 18.4. The summed E-state index contributed by atoms with van der Waals surface area (Å²) in [6, 6.07) is 14.3. The highest BCUT2D eigenvalue weighted by Crippen LogP contribution is 2.29. The summed E-state index contributed by atoms with van der Waals surface area (Å²) in [5.74, 6) is 0. The van der Waals surface area contributed by atoms with Crippen LogP contribution in [0, 0.1) is 34.1 Å². The second-order valence-corrected chi connectivity index (χ2v) is 8.73. The first-order valence-corrected chi connectivity index (χ1v) is 11.0. The summed E-state index contributed by atoms with van der Waals surface area (Å²) >= 11 is 0. The molecule has 0 aliphatic heterocycles. The Labute approximate surface area is 189 Å². The number of nitro benzene ring substituents is 2. The molecule has 170 valence electrons. The van der Waals surface area contributed by atoms with Crippen molar-refractivity contribution in [1.29, 1.82) is 0 Å². The van der Waals surface area contributed by atoms with Crippen LogP contribution in [0.2, 0.25) is 0 Å². The van der Waals surface area contributed by atoms with Gasteiger partial charge in [0.2, 0.25) is 0 Å². The largest absolute Gasteiger partial charge is 0.295 e. The van der Waals surface area contributed by atoms with E-state index in [1.165, 1.54) is 30.3 Å². The molecule has 0 bridgehead atoms. The maximum atomic E-state index is 12.8. The van der Waals surface area contributed by atoms with Crippen molar-refractivity contribution >= 4 is 39.0 Å². The molecule has 2 N–H and O–H groups in total. The normalized spacial score (nSPS) is 11.3. The predicted octanol–water partition coefficient (Wildman–Crippen LogP) is 4.37. The molecule has 0 atom stereocenters. The molecule has 12 heteroatoms. The number of hydrazone groups is 1. The molecule has 0 unspecified atom stereocenters.